The quantitative estimate of drug-likeness (QED) is 0.738. The molecule has 0 unspecified atom stereocenters. The molecule has 1 aromatic heterocycles. The van der Waals surface area contributed by atoms with Crippen molar-refractivity contribution in [1.29, 1.82) is 0 Å². The van der Waals surface area contributed by atoms with E-state index in [1.165, 1.54) is 19.2 Å². The van der Waals surface area contributed by atoms with E-state index in [4.69, 9.17) is 10.2 Å². The number of oxazole rings is 1. The van der Waals surface area contributed by atoms with Crippen LogP contribution in [0.4, 0.5) is 0 Å². The van der Waals surface area contributed by atoms with E-state index in [1.807, 2.05) is 6.92 Å². The maximum atomic E-state index is 5.95. The molecule has 1 heterocycles. The van der Waals surface area contributed by atoms with Crippen LogP contribution in [-0.4, -0.2) is 10.5 Å². The normalized spacial score (nSPS) is 19.5. The van der Waals surface area contributed by atoms with Crippen LogP contribution in [0.2, 0.25) is 0 Å². The number of nitrogens with two attached hydrogens (primary N) is 1. The molecular weight excluding hydrogens is 152 g/mol. The smallest absolute Gasteiger partial charge is 0.181 e. The van der Waals surface area contributed by atoms with Gasteiger partial charge in [0.25, 0.3) is 0 Å². The Morgan fingerprint density at radius 2 is 2.42 bits per heavy atom. The van der Waals surface area contributed by atoms with Crippen molar-refractivity contribution in [2.75, 3.05) is 0 Å². The Morgan fingerprint density at radius 1 is 1.67 bits per heavy atom. The van der Waals surface area contributed by atoms with Crippen molar-refractivity contribution in [3.8, 4) is 0 Å². The molecule has 12 heavy (non-hydrogen) atoms. The van der Waals surface area contributed by atoms with Gasteiger partial charge >= 0.3 is 0 Å². The molecule has 0 spiro atoms. The van der Waals surface area contributed by atoms with Crippen LogP contribution in [0.3, 0.4) is 0 Å². The lowest BCUT2D eigenvalue weighted by Gasteiger charge is -2.05. The largest absolute Gasteiger partial charge is 0.448 e. The minimum atomic E-state index is 0.124. The van der Waals surface area contributed by atoms with Crippen LogP contribution in [-0.2, 0) is 6.42 Å². The van der Waals surface area contributed by atoms with Crippen LogP contribution >= 0.6 is 0 Å². The van der Waals surface area contributed by atoms with Gasteiger partial charge in [0, 0.05) is 12.0 Å². The molecule has 0 aliphatic heterocycles. The molecule has 1 aliphatic carbocycles. The summed E-state index contributed by atoms with van der Waals surface area (Å²) in [5, 5.41) is 0. The van der Waals surface area contributed by atoms with Crippen molar-refractivity contribution in [2.45, 2.75) is 38.1 Å². The van der Waals surface area contributed by atoms with E-state index in [2.05, 4.69) is 4.98 Å². The Hall–Kier alpha value is -0.830. The molecule has 3 heteroatoms. The monoisotopic (exact) mass is 166 g/mol. The van der Waals surface area contributed by atoms with Gasteiger partial charge in [0.05, 0.1) is 5.69 Å². The first-order valence-electron chi connectivity index (χ1n) is 4.37. The highest BCUT2D eigenvalue weighted by Gasteiger charge is 2.37. The Balaban J connectivity index is 1.91. The van der Waals surface area contributed by atoms with E-state index in [9.17, 15) is 0 Å². The number of hydrogen-bond donors (Lipinski definition) is 1. The van der Waals surface area contributed by atoms with Crippen molar-refractivity contribution < 1.29 is 4.42 Å². The molecular formula is C9H14N2O. The molecule has 2 N–H and O–H groups in total. The molecule has 66 valence electrons. The topological polar surface area (TPSA) is 52.0 Å². The second kappa shape index (κ2) is 2.59. The highest BCUT2D eigenvalue weighted by molar-refractivity contribution is 5.08. The van der Waals surface area contributed by atoms with Crippen LogP contribution in [0.1, 0.15) is 30.7 Å². The minimum Gasteiger partial charge on any atom is -0.448 e. The van der Waals surface area contributed by atoms with Crippen molar-refractivity contribution in [2.24, 2.45) is 5.73 Å². The molecule has 0 saturated heterocycles. The lowest BCUT2D eigenvalue weighted by molar-refractivity contribution is 0.475. The molecule has 1 fully saturated rings. The summed E-state index contributed by atoms with van der Waals surface area (Å²) in [5.74, 6) is 0.992. The average Bonchev–Trinajstić information content (AvgIpc) is 2.61. The predicted molar refractivity (Wildman–Crippen MR) is 45.7 cm³/mol. The maximum absolute atomic E-state index is 5.95. The van der Waals surface area contributed by atoms with E-state index in [0.29, 0.717) is 0 Å². The second-order valence-corrected chi connectivity index (χ2v) is 3.72. The number of aryl methyl sites for hydroxylation is 2. The number of rotatable bonds is 3. The molecule has 0 atom stereocenters. The number of nitrogens with zero attached hydrogens (tertiary/aromatic N) is 1. The van der Waals surface area contributed by atoms with Gasteiger partial charge in [0.1, 0.15) is 5.76 Å². The van der Waals surface area contributed by atoms with E-state index in [1.54, 1.807) is 0 Å². The summed E-state index contributed by atoms with van der Waals surface area (Å²) in [6.45, 7) is 1.97. The van der Waals surface area contributed by atoms with Gasteiger partial charge in [-0.3, -0.25) is 0 Å². The van der Waals surface area contributed by atoms with Gasteiger partial charge < -0.3 is 10.2 Å². The zero-order valence-electron chi connectivity index (χ0n) is 7.34. The van der Waals surface area contributed by atoms with Gasteiger partial charge in [0.2, 0.25) is 0 Å². The van der Waals surface area contributed by atoms with Crippen molar-refractivity contribution >= 4 is 0 Å². The Labute approximate surface area is 72.0 Å². The molecule has 0 aromatic carbocycles. The van der Waals surface area contributed by atoms with Gasteiger partial charge in [-0.2, -0.15) is 0 Å². The van der Waals surface area contributed by atoms with E-state index in [0.717, 1.165) is 24.3 Å². The van der Waals surface area contributed by atoms with Gasteiger partial charge in [-0.1, -0.05) is 0 Å². The van der Waals surface area contributed by atoms with E-state index in [-0.39, 0.29) is 5.54 Å². The van der Waals surface area contributed by atoms with Crippen LogP contribution in [0.25, 0.3) is 0 Å². The van der Waals surface area contributed by atoms with E-state index < -0.39 is 0 Å². The molecule has 3 nitrogen and oxygen atoms in total. The SMILES string of the molecule is Cc1ncoc1CCC1(N)CC1. The fourth-order valence-electron chi connectivity index (χ4n) is 1.34. The number of hydrogen-bond acceptors (Lipinski definition) is 3. The summed E-state index contributed by atoms with van der Waals surface area (Å²) in [6.07, 6.45) is 5.80. The van der Waals surface area contributed by atoms with Crippen LogP contribution in [0.15, 0.2) is 10.8 Å². The molecule has 0 bridgehead atoms. The average molecular weight is 166 g/mol. The molecule has 1 aromatic rings. The summed E-state index contributed by atoms with van der Waals surface area (Å²) in [4.78, 5) is 4.03. The molecule has 1 saturated carbocycles. The highest BCUT2D eigenvalue weighted by Crippen LogP contribution is 2.36. The summed E-state index contributed by atoms with van der Waals surface area (Å²) in [5.41, 5.74) is 7.07. The molecule has 1 aliphatic rings. The third-order valence-electron chi connectivity index (χ3n) is 2.59. The number of aromatic nitrogens is 1. The molecule has 0 radical (unpaired) electrons. The first-order valence-corrected chi connectivity index (χ1v) is 4.37. The molecule has 2 rings (SSSR count). The summed E-state index contributed by atoms with van der Waals surface area (Å²) in [7, 11) is 0. The first-order chi connectivity index (χ1) is 5.70. The lowest BCUT2D eigenvalue weighted by atomic mass is 10.1. The Bertz CT molecular complexity index is 276. The van der Waals surface area contributed by atoms with Crippen LogP contribution < -0.4 is 5.73 Å². The first kappa shape index (κ1) is 7.80. The standard InChI is InChI=1S/C9H14N2O/c1-7-8(12-6-11-7)2-3-9(10)4-5-9/h6H,2-5,10H2,1H3. The summed E-state index contributed by atoms with van der Waals surface area (Å²) < 4.78 is 5.22. The summed E-state index contributed by atoms with van der Waals surface area (Å²) >= 11 is 0. The van der Waals surface area contributed by atoms with Crippen molar-refractivity contribution in [3.05, 3.63) is 17.8 Å². The fraction of sp³-hybridized carbons (Fsp3) is 0.667. The third kappa shape index (κ3) is 1.50. The van der Waals surface area contributed by atoms with Crippen LogP contribution in [0.5, 0.6) is 0 Å². The van der Waals surface area contributed by atoms with Crippen molar-refractivity contribution in [3.63, 3.8) is 0 Å². The second-order valence-electron chi connectivity index (χ2n) is 3.72. The zero-order chi connectivity index (χ0) is 8.60. The highest BCUT2D eigenvalue weighted by atomic mass is 16.3. The Morgan fingerprint density at radius 3 is 2.92 bits per heavy atom. The van der Waals surface area contributed by atoms with Gasteiger partial charge in [-0.25, -0.2) is 4.98 Å². The summed E-state index contributed by atoms with van der Waals surface area (Å²) in [6, 6.07) is 0. The Kier molecular flexibility index (Phi) is 1.68. The fourth-order valence-corrected chi connectivity index (χ4v) is 1.34. The predicted octanol–water partition coefficient (Wildman–Crippen LogP) is 1.41. The van der Waals surface area contributed by atoms with Gasteiger partial charge in [-0.05, 0) is 26.2 Å². The third-order valence-corrected chi connectivity index (χ3v) is 2.59. The van der Waals surface area contributed by atoms with Gasteiger partial charge in [-0.15, -0.1) is 0 Å². The van der Waals surface area contributed by atoms with Crippen molar-refractivity contribution in [1.82, 2.24) is 4.98 Å². The lowest BCUT2D eigenvalue weighted by Crippen LogP contribution is -2.22. The van der Waals surface area contributed by atoms with E-state index >= 15 is 0 Å². The molecule has 0 amide bonds. The minimum absolute atomic E-state index is 0.124. The zero-order valence-corrected chi connectivity index (χ0v) is 7.34. The van der Waals surface area contributed by atoms with Gasteiger partial charge in [0.15, 0.2) is 6.39 Å². The maximum Gasteiger partial charge on any atom is 0.181 e. The van der Waals surface area contributed by atoms with Crippen LogP contribution in [0, 0.1) is 6.92 Å².